The van der Waals surface area contributed by atoms with Crippen molar-refractivity contribution in [2.75, 3.05) is 11.4 Å². The lowest BCUT2D eigenvalue weighted by Crippen LogP contribution is -2.39. The Balaban J connectivity index is 2.02. The summed E-state index contributed by atoms with van der Waals surface area (Å²) >= 11 is 0. The van der Waals surface area contributed by atoms with Crippen LogP contribution in [0.25, 0.3) is 0 Å². The van der Waals surface area contributed by atoms with Crippen LogP contribution in [0, 0.1) is 0 Å². The van der Waals surface area contributed by atoms with Gasteiger partial charge in [-0.2, -0.15) is 0 Å². The number of hydrogen-bond donors (Lipinski definition) is 1. The summed E-state index contributed by atoms with van der Waals surface area (Å²) < 4.78 is 10.7. The normalized spacial score (nSPS) is 14.1. The van der Waals surface area contributed by atoms with E-state index in [1.54, 1.807) is 59.9 Å². The first kappa shape index (κ1) is 23.6. The third kappa shape index (κ3) is 7.65. The molecule has 166 valence electrons. The quantitative estimate of drug-likeness (QED) is 0.517. The highest BCUT2D eigenvalue weighted by Crippen LogP contribution is 2.34. The highest BCUT2D eigenvalue weighted by Gasteiger charge is 2.38. The topological polar surface area (TPSA) is 97.8 Å². The maximum atomic E-state index is 12.8. The van der Waals surface area contributed by atoms with Gasteiger partial charge in [-0.25, -0.2) is 14.6 Å². The first-order valence-corrected chi connectivity index (χ1v) is 10.3. The summed E-state index contributed by atoms with van der Waals surface area (Å²) in [6, 6.07) is 3.34. The molecule has 2 rings (SSSR count). The molecule has 0 spiro atoms. The molecule has 0 aromatic carbocycles. The number of carbonyl (C=O) groups excluding carboxylic acids is 3. The summed E-state index contributed by atoms with van der Waals surface area (Å²) in [5.74, 6) is 0.192. The molecule has 2 amide bonds. The molecule has 0 radical (unpaired) electrons. The van der Waals surface area contributed by atoms with Gasteiger partial charge in [0, 0.05) is 25.2 Å². The number of amides is 2. The fourth-order valence-electron chi connectivity index (χ4n) is 2.75. The minimum Gasteiger partial charge on any atom is -0.444 e. The number of pyridine rings is 1. The molecular formula is C22H33N3O5. The highest BCUT2D eigenvalue weighted by molar-refractivity contribution is 6.03. The molecule has 1 fully saturated rings. The van der Waals surface area contributed by atoms with E-state index in [-0.39, 0.29) is 18.2 Å². The number of carbonyl (C=O) groups is 3. The number of hydrogen-bond acceptors (Lipinski definition) is 6. The van der Waals surface area contributed by atoms with E-state index in [2.05, 4.69) is 10.3 Å². The van der Waals surface area contributed by atoms with Crippen LogP contribution < -0.4 is 10.2 Å². The molecule has 8 nitrogen and oxygen atoms in total. The van der Waals surface area contributed by atoms with Crippen LogP contribution in [0.3, 0.4) is 0 Å². The first-order chi connectivity index (χ1) is 13.9. The van der Waals surface area contributed by atoms with Gasteiger partial charge < -0.3 is 14.8 Å². The number of Topliss-reactive ketones (excluding diaryl/α,β-unsaturated/α-hetero) is 1. The Bertz CT molecular complexity index is 776. The highest BCUT2D eigenvalue weighted by atomic mass is 16.6. The van der Waals surface area contributed by atoms with Gasteiger partial charge >= 0.3 is 12.2 Å². The number of nitrogens with zero attached hydrogens (tertiary/aromatic N) is 2. The Hall–Kier alpha value is -2.64. The molecule has 0 saturated heterocycles. The number of ether oxygens (including phenoxy) is 2. The molecule has 1 aliphatic rings. The van der Waals surface area contributed by atoms with Crippen LogP contribution >= 0.6 is 0 Å². The smallest absolute Gasteiger partial charge is 0.416 e. The van der Waals surface area contributed by atoms with Crippen molar-refractivity contribution in [1.29, 1.82) is 0 Å². The molecule has 1 aromatic rings. The van der Waals surface area contributed by atoms with E-state index < -0.39 is 23.4 Å². The summed E-state index contributed by atoms with van der Waals surface area (Å²) in [4.78, 5) is 43.1. The second-order valence-electron chi connectivity index (χ2n) is 9.41. The lowest BCUT2D eigenvalue weighted by atomic mass is 10.1. The van der Waals surface area contributed by atoms with Crippen molar-refractivity contribution in [3.63, 3.8) is 0 Å². The zero-order valence-corrected chi connectivity index (χ0v) is 18.8. The molecule has 0 atom stereocenters. The van der Waals surface area contributed by atoms with Crippen LogP contribution in [0.1, 0.15) is 77.6 Å². The third-order valence-electron chi connectivity index (χ3n) is 4.07. The maximum Gasteiger partial charge on any atom is 0.416 e. The molecule has 8 heteroatoms. The Morgan fingerprint density at radius 1 is 1.10 bits per heavy atom. The summed E-state index contributed by atoms with van der Waals surface area (Å²) in [5.41, 5.74) is -0.831. The van der Waals surface area contributed by atoms with Crippen molar-refractivity contribution in [3.8, 4) is 0 Å². The minimum absolute atomic E-state index is 0.00450. The number of anilines is 1. The van der Waals surface area contributed by atoms with Crippen LogP contribution in [0.4, 0.5) is 15.4 Å². The van der Waals surface area contributed by atoms with Crippen LogP contribution in [-0.2, 0) is 9.47 Å². The van der Waals surface area contributed by atoms with Gasteiger partial charge in [0.15, 0.2) is 5.78 Å². The van der Waals surface area contributed by atoms with E-state index in [1.165, 1.54) is 4.90 Å². The van der Waals surface area contributed by atoms with Gasteiger partial charge in [0.05, 0.1) is 5.56 Å². The molecule has 0 bridgehead atoms. The van der Waals surface area contributed by atoms with Crippen LogP contribution in [0.15, 0.2) is 18.3 Å². The molecule has 1 aliphatic carbocycles. The monoisotopic (exact) mass is 419 g/mol. The Kier molecular flexibility index (Phi) is 7.44. The van der Waals surface area contributed by atoms with Gasteiger partial charge in [-0.05, 0) is 72.9 Å². The van der Waals surface area contributed by atoms with E-state index in [0.29, 0.717) is 24.3 Å². The van der Waals surface area contributed by atoms with E-state index in [1.807, 2.05) is 0 Å². The van der Waals surface area contributed by atoms with E-state index >= 15 is 0 Å². The molecule has 0 aliphatic heterocycles. The largest absolute Gasteiger partial charge is 0.444 e. The Morgan fingerprint density at radius 3 is 2.30 bits per heavy atom. The van der Waals surface area contributed by atoms with Gasteiger partial charge in [0.25, 0.3) is 0 Å². The van der Waals surface area contributed by atoms with Crippen molar-refractivity contribution in [2.24, 2.45) is 0 Å². The van der Waals surface area contributed by atoms with Crippen LogP contribution in [0.2, 0.25) is 0 Å². The molecule has 1 N–H and O–H groups in total. The first-order valence-electron chi connectivity index (χ1n) is 10.3. The molecule has 1 aromatic heterocycles. The molecular weight excluding hydrogens is 386 g/mol. The van der Waals surface area contributed by atoms with Crippen molar-refractivity contribution >= 4 is 23.8 Å². The van der Waals surface area contributed by atoms with Gasteiger partial charge in [0.1, 0.15) is 17.0 Å². The summed E-state index contributed by atoms with van der Waals surface area (Å²) in [6.45, 7) is 11.1. The predicted octanol–water partition coefficient (Wildman–Crippen LogP) is 4.47. The SMILES string of the molecule is CC(C)(C)OC(=O)NCCCC(=O)c1cccnc1N(C(=O)OC(C)(C)C)C1CC1. The van der Waals surface area contributed by atoms with Crippen molar-refractivity contribution in [1.82, 2.24) is 10.3 Å². The van der Waals surface area contributed by atoms with Crippen molar-refractivity contribution < 1.29 is 23.9 Å². The van der Waals surface area contributed by atoms with E-state index in [4.69, 9.17) is 9.47 Å². The van der Waals surface area contributed by atoms with E-state index in [0.717, 1.165) is 12.8 Å². The van der Waals surface area contributed by atoms with Gasteiger partial charge in [-0.3, -0.25) is 9.69 Å². The number of nitrogens with one attached hydrogen (secondary N) is 1. The summed E-state index contributed by atoms with van der Waals surface area (Å²) in [7, 11) is 0. The molecule has 30 heavy (non-hydrogen) atoms. The fraction of sp³-hybridized carbons (Fsp3) is 0.636. The Labute approximate surface area is 178 Å². The lowest BCUT2D eigenvalue weighted by molar-refractivity contribution is 0.0523. The third-order valence-corrected chi connectivity index (χ3v) is 4.07. The summed E-state index contributed by atoms with van der Waals surface area (Å²) in [5, 5.41) is 2.64. The number of alkyl carbamates (subject to hydrolysis) is 1. The zero-order chi connectivity index (χ0) is 22.5. The van der Waals surface area contributed by atoms with Gasteiger partial charge in [0.2, 0.25) is 0 Å². The second-order valence-corrected chi connectivity index (χ2v) is 9.41. The Morgan fingerprint density at radius 2 is 1.73 bits per heavy atom. The van der Waals surface area contributed by atoms with Crippen molar-refractivity contribution in [3.05, 3.63) is 23.9 Å². The lowest BCUT2D eigenvalue weighted by Gasteiger charge is -2.27. The average Bonchev–Trinajstić information content (AvgIpc) is 3.41. The standard InChI is InChI=1S/C22H33N3O5/c1-21(2,3)29-19(27)24-14-8-10-17(26)16-9-7-13-23-18(16)25(15-11-12-15)20(28)30-22(4,5)6/h7,9,13,15H,8,10-12,14H2,1-6H3,(H,24,27). The number of aromatic nitrogens is 1. The van der Waals surface area contributed by atoms with Crippen LogP contribution in [-0.4, -0.2) is 46.7 Å². The maximum absolute atomic E-state index is 12.8. The summed E-state index contributed by atoms with van der Waals surface area (Å²) in [6.07, 6.45) is 2.91. The van der Waals surface area contributed by atoms with Gasteiger partial charge in [-0.15, -0.1) is 0 Å². The van der Waals surface area contributed by atoms with Gasteiger partial charge in [-0.1, -0.05) is 0 Å². The molecule has 1 heterocycles. The second kappa shape index (κ2) is 9.45. The molecule has 1 saturated carbocycles. The van der Waals surface area contributed by atoms with E-state index in [9.17, 15) is 14.4 Å². The number of ketones is 1. The minimum atomic E-state index is -0.642. The van der Waals surface area contributed by atoms with Crippen molar-refractivity contribution in [2.45, 2.75) is 84.5 Å². The zero-order valence-electron chi connectivity index (χ0n) is 18.8. The fourth-order valence-corrected chi connectivity index (χ4v) is 2.75. The van der Waals surface area contributed by atoms with Crippen LogP contribution in [0.5, 0.6) is 0 Å². The predicted molar refractivity (Wildman–Crippen MR) is 114 cm³/mol. The number of rotatable bonds is 7. The molecule has 0 unspecified atom stereocenters. The average molecular weight is 420 g/mol.